The molecule has 3 rings (SSSR count). The highest BCUT2D eigenvalue weighted by molar-refractivity contribution is 5.84. The van der Waals surface area contributed by atoms with Crippen molar-refractivity contribution in [2.75, 3.05) is 0 Å². The summed E-state index contributed by atoms with van der Waals surface area (Å²) >= 11 is 0. The molecule has 0 N–H and O–H groups in total. The number of rotatable bonds is 0. The van der Waals surface area contributed by atoms with Gasteiger partial charge in [0.25, 0.3) is 0 Å². The Morgan fingerprint density at radius 2 is 2.46 bits per heavy atom. The summed E-state index contributed by atoms with van der Waals surface area (Å²) in [5.74, 6) is 1.09. The zero-order chi connectivity index (χ0) is 9.05. The van der Waals surface area contributed by atoms with E-state index in [2.05, 4.69) is 19.1 Å². The van der Waals surface area contributed by atoms with Crippen molar-refractivity contribution in [2.24, 2.45) is 11.8 Å². The molecular weight excluding hydrogens is 164 g/mol. The predicted molar refractivity (Wildman–Crippen MR) is 48.3 cm³/mol. The lowest BCUT2D eigenvalue weighted by atomic mass is 9.69. The molecule has 70 valence electrons. The molecule has 2 fully saturated rings. The summed E-state index contributed by atoms with van der Waals surface area (Å²) in [6, 6.07) is 0. The van der Waals surface area contributed by atoms with Crippen molar-refractivity contribution in [2.45, 2.75) is 37.9 Å². The summed E-state index contributed by atoms with van der Waals surface area (Å²) in [5.41, 5.74) is -0.181. The first-order chi connectivity index (χ1) is 6.20. The van der Waals surface area contributed by atoms with Crippen LogP contribution in [-0.2, 0) is 9.53 Å². The standard InChI is InChI=1S/C11H14O2/c1-7-4-10(12)9-5-8-2-3-11(9,6-7)13-8/h2-3,7-9H,4-6H2,1H3. The van der Waals surface area contributed by atoms with E-state index in [1.54, 1.807) is 0 Å². The maximum absolute atomic E-state index is 11.8. The van der Waals surface area contributed by atoms with Crippen LogP contribution in [0.5, 0.6) is 0 Å². The summed E-state index contributed by atoms with van der Waals surface area (Å²) in [5, 5.41) is 0. The van der Waals surface area contributed by atoms with Crippen molar-refractivity contribution in [3.05, 3.63) is 12.2 Å². The van der Waals surface area contributed by atoms with Gasteiger partial charge in [-0.1, -0.05) is 19.1 Å². The van der Waals surface area contributed by atoms with E-state index in [9.17, 15) is 4.79 Å². The van der Waals surface area contributed by atoms with Crippen molar-refractivity contribution >= 4 is 5.78 Å². The van der Waals surface area contributed by atoms with E-state index in [0.717, 1.165) is 19.3 Å². The van der Waals surface area contributed by atoms with Crippen molar-refractivity contribution < 1.29 is 9.53 Å². The van der Waals surface area contributed by atoms with Crippen LogP contribution in [0.25, 0.3) is 0 Å². The monoisotopic (exact) mass is 178 g/mol. The zero-order valence-corrected chi connectivity index (χ0v) is 7.82. The lowest BCUT2D eigenvalue weighted by Gasteiger charge is -2.36. The van der Waals surface area contributed by atoms with Crippen LogP contribution in [0.4, 0.5) is 0 Å². The lowest BCUT2D eigenvalue weighted by Crippen LogP contribution is -2.43. The largest absolute Gasteiger partial charge is 0.363 e. The summed E-state index contributed by atoms with van der Waals surface area (Å²) in [6.07, 6.45) is 7.23. The first-order valence-electron chi connectivity index (χ1n) is 5.09. The molecule has 0 aromatic rings. The molecule has 2 aliphatic heterocycles. The number of ether oxygens (including phenoxy) is 1. The Morgan fingerprint density at radius 1 is 1.62 bits per heavy atom. The highest BCUT2D eigenvalue weighted by Gasteiger charge is 2.55. The predicted octanol–water partition coefficient (Wildman–Crippen LogP) is 1.70. The van der Waals surface area contributed by atoms with Gasteiger partial charge in [-0.25, -0.2) is 0 Å². The second-order valence-electron chi connectivity index (χ2n) is 4.74. The molecule has 0 aromatic heterocycles. The smallest absolute Gasteiger partial charge is 0.139 e. The fourth-order valence-corrected chi connectivity index (χ4v) is 3.15. The molecule has 1 saturated carbocycles. The Kier molecular flexibility index (Phi) is 1.33. The van der Waals surface area contributed by atoms with Gasteiger partial charge in [0.1, 0.15) is 5.78 Å². The molecule has 2 heterocycles. The molecule has 2 heteroatoms. The molecule has 2 bridgehead atoms. The highest BCUT2D eigenvalue weighted by Crippen LogP contribution is 2.50. The van der Waals surface area contributed by atoms with E-state index in [-0.39, 0.29) is 17.6 Å². The highest BCUT2D eigenvalue weighted by atomic mass is 16.5. The molecular formula is C11H14O2. The lowest BCUT2D eigenvalue weighted by molar-refractivity contribution is -0.132. The Morgan fingerprint density at radius 3 is 3.23 bits per heavy atom. The summed E-state index contributed by atoms with van der Waals surface area (Å²) < 4.78 is 5.87. The molecule has 0 amide bonds. The van der Waals surface area contributed by atoms with Gasteiger partial charge >= 0.3 is 0 Å². The molecule has 0 radical (unpaired) electrons. The number of hydrogen-bond donors (Lipinski definition) is 0. The average molecular weight is 178 g/mol. The molecule has 13 heavy (non-hydrogen) atoms. The Labute approximate surface area is 78.0 Å². The van der Waals surface area contributed by atoms with Crippen molar-refractivity contribution in [1.82, 2.24) is 0 Å². The molecule has 1 aliphatic carbocycles. The molecule has 2 nitrogen and oxygen atoms in total. The number of carbonyl (C=O) groups excluding carboxylic acids is 1. The van der Waals surface area contributed by atoms with Crippen molar-refractivity contribution in [1.29, 1.82) is 0 Å². The Bertz CT molecular complexity index is 294. The summed E-state index contributed by atoms with van der Waals surface area (Å²) in [7, 11) is 0. The topological polar surface area (TPSA) is 26.3 Å². The second-order valence-corrected chi connectivity index (χ2v) is 4.74. The molecule has 1 spiro atoms. The van der Waals surface area contributed by atoms with Gasteiger partial charge in [-0.05, 0) is 18.8 Å². The SMILES string of the molecule is CC1CC(=O)C2CC3C=CC2(C1)O3. The third-order valence-corrected chi connectivity index (χ3v) is 3.63. The van der Waals surface area contributed by atoms with E-state index >= 15 is 0 Å². The first kappa shape index (κ1) is 7.74. The number of hydrogen-bond acceptors (Lipinski definition) is 2. The second kappa shape index (κ2) is 2.24. The van der Waals surface area contributed by atoms with Crippen LogP contribution in [-0.4, -0.2) is 17.5 Å². The van der Waals surface area contributed by atoms with E-state index in [1.807, 2.05) is 0 Å². The van der Waals surface area contributed by atoms with E-state index in [4.69, 9.17) is 4.74 Å². The summed E-state index contributed by atoms with van der Waals surface area (Å²) in [6.45, 7) is 2.14. The van der Waals surface area contributed by atoms with E-state index in [0.29, 0.717) is 11.7 Å². The van der Waals surface area contributed by atoms with Crippen LogP contribution >= 0.6 is 0 Å². The zero-order valence-electron chi connectivity index (χ0n) is 7.82. The first-order valence-corrected chi connectivity index (χ1v) is 5.09. The van der Waals surface area contributed by atoms with Crippen molar-refractivity contribution in [3.8, 4) is 0 Å². The minimum Gasteiger partial charge on any atom is -0.363 e. The maximum Gasteiger partial charge on any atom is 0.139 e. The third kappa shape index (κ3) is 0.896. The number of ketones is 1. The van der Waals surface area contributed by atoms with Gasteiger partial charge in [-0.15, -0.1) is 0 Å². The van der Waals surface area contributed by atoms with Gasteiger partial charge in [0.05, 0.1) is 17.6 Å². The minimum absolute atomic E-state index is 0.179. The third-order valence-electron chi connectivity index (χ3n) is 3.63. The van der Waals surface area contributed by atoms with Crippen molar-refractivity contribution in [3.63, 3.8) is 0 Å². The average Bonchev–Trinajstić information content (AvgIpc) is 2.58. The fourth-order valence-electron chi connectivity index (χ4n) is 3.15. The van der Waals surface area contributed by atoms with Gasteiger partial charge < -0.3 is 4.74 Å². The Hall–Kier alpha value is -0.630. The summed E-state index contributed by atoms with van der Waals surface area (Å²) in [4.78, 5) is 11.8. The van der Waals surface area contributed by atoms with Gasteiger partial charge in [0.2, 0.25) is 0 Å². The molecule has 1 saturated heterocycles. The molecule has 4 unspecified atom stereocenters. The van der Waals surface area contributed by atoms with Crippen LogP contribution in [0, 0.1) is 11.8 Å². The molecule has 4 atom stereocenters. The Balaban J connectivity index is 2.00. The van der Waals surface area contributed by atoms with Crippen LogP contribution in [0.2, 0.25) is 0 Å². The van der Waals surface area contributed by atoms with Crippen LogP contribution in [0.3, 0.4) is 0 Å². The van der Waals surface area contributed by atoms with E-state index < -0.39 is 0 Å². The van der Waals surface area contributed by atoms with Crippen LogP contribution in [0.1, 0.15) is 26.2 Å². The maximum atomic E-state index is 11.8. The normalized spacial score (nSPS) is 52.7. The van der Waals surface area contributed by atoms with Crippen LogP contribution in [0.15, 0.2) is 12.2 Å². The van der Waals surface area contributed by atoms with E-state index in [1.165, 1.54) is 0 Å². The molecule has 0 aromatic carbocycles. The number of Topliss-reactive ketones (excluding diaryl/α,β-unsaturated/α-hetero) is 1. The quantitative estimate of drug-likeness (QED) is 0.528. The van der Waals surface area contributed by atoms with Gasteiger partial charge in [0.15, 0.2) is 0 Å². The number of fused-ring (bicyclic) bond motifs is 1. The minimum atomic E-state index is -0.181. The number of carbonyl (C=O) groups is 1. The fraction of sp³-hybridized carbons (Fsp3) is 0.727. The van der Waals surface area contributed by atoms with Crippen LogP contribution < -0.4 is 0 Å². The molecule has 3 aliphatic rings. The van der Waals surface area contributed by atoms with Gasteiger partial charge in [0, 0.05) is 6.42 Å². The van der Waals surface area contributed by atoms with Gasteiger partial charge in [-0.2, -0.15) is 0 Å². The van der Waals surface area contributed by atoms with Gasteiger partial charge in [-0.3, -0.25) is 4.79 Å².